The lowest BCUT2D eigenvalue weighted by molar-refractivity contribution is -0.148. The number of Topliss-reactive ketones (excluding diaryl/α,β-unsaturated/α-hetero) is 2. The lowest BCUT2D eigenvalue weighted by Gasteiger charge is -2.50. The first-order valence-electron chi connectivity index (χ1n) is 11.4. The second-order valence-corrected chi connectivity index (χ2v) is 9.80. The van der Waals surface area contributed by atoms with Crippen LogP contribution < -0.4 is 5.73 Å². The Kier molecular flexibility index (Phi) is 5.61. The maximum atomic E-state index is 13.6. The van der Waals surface area contributed by atoms with Crippen molar-refractivity contribution in [2.75, 3.05) is 14.1 Å². The third-order valence-electron chi connectivity index (χ3n) is 7.79. The number of hydrogen-bond donors (Lipinski definition) is 5. The summed E-state index contributed by atoms with van der Waals surface area (Å²) in [7, 11) is 3.21. The van der Waals surface area contributed by atoms with Gasteiger partial charge in [0.25, 0.3) is 5.91 Å². The topological polar surface area (TPSA) is 161 Å². The number of carbonyl (C=O) groups excluding carboxylic acids is 3. The van der Waals surface area contributed by atoms with Gasteiger partial charge in [0.15, 0.2) is 11.4 Å². The number of fused-ring (bicyclic) bond motifs is 3. The Morgan fingerprint density at radius 1 is 1.24 bits per heavy atom. The van der Waals surface area contributed by atoms with Crippen molar-refractivity contribution in [1.29, 1.82) is 0 Å². The first-order valence-corrected chi connectivity index (χ1v) is 11.4. The van der Waals surface area contributed by atoms with E-state index in [1.54, 1.807) is 20.2 Å². The van der Waals surface area contributed by atoms with E-state index in [2.05, 4.69) is 0 Å². The van der Waals surface area contributed by atoms with E-state index in [1.807, 2.05) is 13.8 Å². The lowest BCUT2D eigenvalue weighted by atomic mass is 9.58. The molecule has 0 spiro atoms. The Morgan fingerprint density at radius 2 is 1.88 bits per heavy atom. The number of ketones is 2. The number of aliphatic hydroxyl groups excluding tert-OH is 2. The first-order chi connectivity index (χ1) is 15.9. The Hall–Kier alpha value is -3.17. The highest BCUT2D eigenvalue weighted by Gasteiger charge is 2.63. The second-order valence-electron chi connectivity index (χ2n) is 9.80. The van der Waals surface area contributed by atoms with Gasteiger partial charge in [-0.3, -0.25) is 19.3 Å². The number of aromatic hydroxyl groups is 1. The van der Waals surface area contributed by atoms with Gasteiger partial charge in [0.2, 0.25) is 5.78 Å². The van der Waals surface area contributed by atoms with Crippen molar-refractivity contribution in [3.05, 3.63) is 51.5 Å². The molecule has 5 atom stereocenters. The zero-order valence-electron chi connectivity index (χ0n) is 19.6. The molecule has 34 heavy (non-hydrogen) atoms. The zero-order chi connectivity index (χ0) is 25.3. The molecule has 3 aliphatic rings. The average Bonchev–Trinajstić information content (AvgIpc) is 2.75. The number of nitrogens with zero attached hydrogens (tertiary/aromatic N) is 1. The summed E-state index contributed by atoms with van der Waals surface area (Å²) in [6.07, 6.45) is 1.21. The van der Waals surface area contributed by atoms with E-state index in [4.69, 9.17) is 5.73 Å². The summed E-state index contributed by atoms with van der Waals surface area (Å²) in [5, 5.41) is 44.2. The average molecular weight is 471 g/mol. The van der Waals surface area contributed by atoms with Crippen LogP contribution in [0.1, 0.15) is 54.1 Å². The Labute approximate surface area is 197 Å². The molecule has 6 N–H and O–H groups in total. The van der Waals surface area contributed by atoms with Gasteiger partial charge in [-0.1, -0.05) is 19.9 Å². The molecule has 1 unspecified atom stereocenters. The number of phenols is 1. The van der Waals surface area contributed by atoms with Crippen molar-refractivity contribution in [3.8, 4) is 5.75 Å². The molecule has 3 aliphatic carbocycles. The highest BCUT2D eigenvalue weighted by atomic mass is 16.3. The summed E-state index contributed by atoms with van der Waals surface area (Å²) in [5.41, 5.74) is 3.43. The Balaban J connectivity index is 1.96. The third-order valence-corrected chi connectivity index (χ3v) is 7.79. The Morgan fingerprint density at radius 3 is 2.44 bits per heavy atom. The van der Waals surface area contributed by atoms with Gasteiger partial charge in [0, 0.05) is 11.5 Å². The number of benzene rings is 1. The smallest absolute Gasteiger partial charge is 0.255 e. The van der Waals surface area contributed by atoms with Crippen LogP contribution in [0.2, 0.25) is 0 Å². The van der Waals surface area contributed by atoms with Crippen LogP contribution >= 0.6 is 0 Å². The predicted octanol–water partition coefficient (Wildman–Crippen LogP) is 1.63. The minimum absolute atomic E-state index is 0.0542. The van der Waals surface area contributed by atoms with Crippen LogP contribution in [-0.4, -0.2) is 68.5 Å². The molecule has 1 amide bonds. The van der Waals surface area contributed by atoms with Gasteiger partial charge >= 0.3 is 0 Å². The molecule has 0 aromatic heterocycles. The highest BCUT2D eigenvalue weighted by Crippen LogP contribution is 2.52. The molecule has 0 aliphatic heterocycles. The fraction of sp³-hybridized carbons (Fsp3) is 0.480. The zero-order valence-corrected chi connectivity index (χ0v) is 19.6. The Bertz CT molecular complexity index is 1180. The highest BCUT2D eigenvalue weighted by molar-refractivity contribution is 6.24. The second kappa shape index (κ2) is 7.95. The van der Waals surface area contributed by atoms with Gasteiger partial charge in [0.1, 0.15) is 22.8 Å². The molecule has 9 heteroatoms. The summed E-state index contributed by atoms with van der Waals surface area (Å²) < 4.78 is 0. The number of allylic oxidation sites excluding steroid dienone is 1. The number of rotatable bonds is 4. The van der Waals surface area contributed by atoms with Gasteiger partial charge in [-0.2, -0.15) is 0 Å². The normalized spacial score (nSPS) is 29.6. The SMILES string of the molecule is CCC(C)c1ccc(O)c2c1C[C@@H]1C[C@@H]3[C@@H](N(C)C)C(O)=C(C(N)=O)C(=O)[C@]3(O)C(O)=C1C2=O. The van der Waals surface area contributed by atoms with E-state index in [-0.39, 0.29) is 29.2 Å². The molecule has 0 bridgehead atoms. The van der Waals surface area contributed by atoms with Crippen molar-refractivity contribution >= 4 is 17.5 Å². The summed E-state index contributed by atoms with van der Waals surface area (Å²) >= 11 is 0. The van der Waals surface area contributed by atoms with Crippen LogP contribution in [-0.2, 0) is 16.0 Å². The van der Waals surface area contributed by atoms with Crippen LogP contribution in [0, 0.1) is 11.8 Å². The fourth-order valence-corrected chi connectivity index (χ4v) is 5.96. The van der Waals surface area contributed by atoms with Crippen LogP contribution in [0.4, 0.5) is 0 Å². The van der Waals surface area contributed by atoms with Gasteiger partial charge < -0.3 is 26.2 Å². The summed E-state index contributed by atoms with van der Waals surface area (Å²) in [6, 6.07) is 2.24. The van der Waals surface area contributed by atoms with Crippen LogP contribution in [0.5, 0.6) is 5.75 Å². The number of hydrogen-bond acceptors (Lipinski definition) is 8. The molecule has 1 aromatic carbocycles. The van der Waals surface area contributed by atoms with Gasteiger partial charge in [0.05, 0.1) is 11.6 Å². The van der Waals surface area contributed by atoms with Crippen molar-refractivity contribution in [2.45, 2.75) is 50.7 Å². The molecule has 0 saturated heterocycles. The van der Waals surface area contributed by atoms with E-state index in [0.29, 0.717) is 12.0 Å². The molecule has 0 saturated carbocycles. The molecule has 0 heterocycles. The van der Waals surface area contributed by atoms with Gasteiger partial charge in [-0.15, -0.1) is 0 Å². The van der Waals surface area contributed by atoms with E-state index in [1.165, 1.54) is 11.0 Å². The van der Waals surface area contributed by atoms with Crippen molar-refractivity contribution in [2.24, 2.45) is 17.6 Å². The van der Waals surface area contributed by atoms with Crippen molar-refractivity contribution in [1.82, 2.24) is 4.90 Å². The largest absolute Gasteiger partial charge is 0.510 e. The van der Waals surface area contributed by atoms with E-state index in [0.717, 1.165) is 12.0 Å². The van der Waals surface area contributed by atoms with Crippen molar-refractivity contribution < 1.29 is 34.8 Å². The van der Waals surface area contributed by atoms with Gasteiger partial charge in [-0.05, 0) is 62.4 Å². The maximum absolute atomic E-state index is 13.6. The fourth-order valence-electron chi connectivity index (χ4n) is 5.96. The minimum atomic E-state index is -2.62. The van der Waals surface area contributed by atoms with Crippen molar-refractivity contribution in [3.63, 3.8) is 0 Å². The van der Waals surface area contributed by atoms with E-state index >= 15 is 0 Å². The third kappa shape index (κ3) is 3.03. The molecular formula is C25H30N2O7. The molecule has 4 rings (SSSR count). The van der Waals surface area contributed by atoms with Crippen LogP contribution in [0.15, 0.2) is 34.8 Å². The van der Waals surface area contributed by atoms with E-state index in [9.17, 15) is 34.8 Å². The molecule has 9 nitrogen and oxygen atoms in total. The molecule has 182 valence electrons. The predicted molar refractivity (Wildman–Crippen MR) is 122 cm³/mol. The van der Waals surface area contributed by atoms with Crippen LogP contribution in [0.3, 0.4) is 0 Å². The lowest BCUT2D eigenvalue weighted by Crippen LogP contribution is -2.63. The number of aliphatic hydroxyl groups is 3. The standard InChI is InChI=1S/C25H30N2O7/c1-5-10(2)12-6-7-15(28)17-13(12)8-11-9-14-19(27(3)4)21(30)18(24(26)33)23(32)25(14,34)22(31)16(11)20(17)29/h6-7,10-11,14,19,28,30-31,34H,5,8-9H2,1-4H3,(H2,26,33)/t10?,11-,14-,19-,25-/m1/s1. The monoisotopic (exact) mass is 470 g/mol. The maximum Gasteiger partial charge on any atom is 0.255 e. The number of nitrogens with two attached hydrogens (primary N) is 1. The van der Waals surface area contributed by atoms with Gasteiger partial charge in [-0.25, -0.2) is 0 Å². The number of carbonyl (C=O) groups is 3. The van der Waals surface area contributed by atoms with E-state index < -0.39 is 58.0 Å². The molecular weight excluding hydrogens is 440 g/mol. The number of primary amides is 1. The van der Waals surface area contributed by atoms with Crippen LogP contribution in [0.25, 0.3) is 0 Å². The molecule has 0 fully saturated rings. The number of amides is 1. The summed E-state index contributed by atoms with van der Waals surface area (Å²) in [5.74, 6) is -6.26. The quantitative estimate of drug-likeness (QED) is 0.415. The molecule has 0 radical (unpaired) electrons. The minimum Gasteiger partial charge on any atom is -0.510 e. The first kappa shape index (κ1) is 24.0. The summed E-state index contributed by atoms with van der Waals surface area (Å²) in [4.78, 5) is 40.4. The number of likely N-dealkylation sites (N-methyl/N-ethyl adjacent to an activating group) is 1. The summed E-state index contributed by atoms with van der Waals surface area (Å²) in [6.45, 7) is 4.04. The molecule has 1 aromatic rings. The number of phenolic OH excluding ortho intramolecular Hbond substituents is 1.